The molecule has 7 heteroatoms. The topological polar surface area (TPSA) is 52.7 Å². The summed E-state index contributed by atoms with van der Waals surface area (Å²) in [6, 6.07) is 0.489. The van der Waals surface area contributed by atoms with Crippen molar-refractivity contribution < 1.29 is 9.59 Å². The van der Waals surface area contributed by atoms with Gasteiger partial charge in [-0.2, -0.15) is 0 Å². The Morgan fingerprint density at radius 1 is 1.32 bits per heavy atom. The smallest absolute Gasteiger partial charge is 0.246 e. The highest BCUT2D eigenvalue weighted by molar-refractivity contribution is 8.01. The monoisotopic (exact) mass is 345 g/mol. The van der Waals surface area contributed by atoms with Gasteiger partial charge in [0.05, 0.1) is 4.87 Å². The zero-order valence-electron chi connectivity index (χ0n) is 12.9. The molecule has 0 spiro atoms. The van der Waals surface area contributed by atoms with Gasteiger partial charge in [0.25, 0.3) is 0 Å². The molecule has 4 fully saturated rings. The van der Waals surface area contributed by atoms with Crippen LogP contribution in [-0.2, 0) is 9.59 Å². The number of halogens is 1. The van der Waals surface area contributed by atoms with Gasteiger partial charge >= 0.3 is 0 Å². The van der Waals surface area contributed by atoms with Gasteiger partial charge in [0.15, 0.2) is 0 Å². The van der Waals surface area contributed by atoms with Crippen LogP contribution >= 0.6 is 24.2 Å². The molecule has 1 N–H and O–H groups in total. The van der Waals surface area contributed by atoms with Gasteiger partial charge in [0.2, 0.25) is 11.8 Å². The molecule has 4 aliphatic heterocycles. The number of amides is 2. The van der Waals surface area contributed by atoms with Crippen LogP contribution in [-0.4, -0.2) is 63.5 Å². The maximum atomic E-state index is 13.1. The molecule has 5 nitrogen and oxygen atoms in total. The van der Waals surface area contributed by atoms with Crippen molar-refractivity contribution in [2.75, 3.05) is 18.8 Å². The minimum atomic E-state index is -0.226. The number of fused-ring (bicyclic) bond motifs is 3. The molecule has 4 saturated heterocycles. The van der Waals surface area contributed by atoms with Crippen molar-refractivity contribution >= 4 is 36.0 Å². The van der Waals surface area contributed by atoms with Crippen molar-refractivity contribution in [3.63, 3.8) is 0 Å². The standard InChI is InChI=1S/C15H23N3O2S.ClH/c1-15-6-4-13(19)18(15)12(9-21-15)14(20)17-10-2-3-11(17)8-16-7-5-10;/h10-12,16H,2-9H2,1H3;1H. The van der Waals surface area contributed by atoms with Crippen LogP contribution in [0.4, 0.5) is 0 Å². The van der Waals surface area contributed by atoms with Crippen molar-refractivity contribution in [2.24, 2.45) is 0 Å². The van der Waals surface area contributed by atoms with Gasteiger partial charge in [-0.1, -0.05) is 0 Å². The molecule has 0 aromatic heterocycles. The number of thioether (sulfide) groups is 1. The Hall–Kier alpha value is -0.460. The molecule has 2 amide bonds. The third-order valence-electron chi connectivity index (χ3n) is 5.64. The SMILES string of the molecule is CC12CCC(=O)N1C(C(=O)N1C3CCNCC1CC3)CS2.Cl. The van der Waals surface area contributed by atoms with Crippen LogP contribution in [0.15, 0.2) is 0 Å². The fourth-order valence-electron chi connectivity index (χ4n) is 4.52. The number of hydrogen-bond donors (Lipinski definition) is 1. The molecule has 0 aliphatic carbocycles. The fraction of sp³-hybridized carbons (Fsp3) is 0.867. The summed E-state index contributed by atoms with van der Waals surface area (Å²) >= 11 is 1.79. The fourth-order valence-corrected chi connectivity index (χ4v) is 5.94. The van der Waals surface area contributed by atoms with Gasteiger partial charge in [-0.05, 0) is 39.2 Å². The highest BCUT2D eigenvalue weighted by Gasteiger charge is 2.55. The molecule has 22 heavy (non-hydrogen) atoms. The average Bonchev–Trinajstić information content (AvgIpc) is 3.01. The summed E-state index contributed by atoms with van der Waals surface area (Å²) in [6.45, 7) is 4.03. The molecule has 4 atom stereocenters. The third-order valence-corrected chi connectivity index (χ3v) is 7.14. The first-order chi connectivity index (χ1) is 10.1. The van der Waals surface area contributed by atoms with E-state index >= 15 is 0 Å². The molecule has 0 aromatic carbocycles. The first kappa shape index (κ1) is 16.4. The second-order valence-corrected chi connectivity index (χ2v) is 8.39. The van der Waals surface area contributed by atoms with Crippen molar-refractivity contribution in [3.05, 3.63) is 0 Å². The first-order valence-corrected chi connectivity index (χ1v) is 9.08. The van der Waals surface area contributed by atoms with Crippen LogP contribution < -0.4 is 5.32 Å². The molecule has 4 heterocycles. The van der Waals surface area contributed by atoms with Crippen molar-refractivity contribution in [2.45, 2.75) is 62.0 Å². The van der Waals surface area contributed by atoms with Crippen molar-refractivity contribution in [1.29, 1.82) is 0 Å². The maximum absolute atomic E-state index is 13.1. The van der Waals surface area contributed by atoms with Crippen molar-refractivity contribution in [3.8, 4) is 0 Å². The lowest BCUT2D eigenvalue weighted by Gasteiger charge is -2.35. The summed E-state index contributed by atoms with van der Waals surface area (Å²) in [7, 11) is 0. The minimum Gasteiger partial charge on any atom is -0.334 e. The zero-order valence-corrected chi connectivity index (χ0v) is 14.5. The summed E-state index contributed by atoms with van der Waals surface area (Å²) in [5, 5.41) is 3.44. The van der Waals surface area contributed by atoms with E-state index in [9.17, 15) is 9.59 Å². The molecular formula is C15H24ClN3O2S. The molecule has 0 aromatic rings. The summed E-state index contributed by atoms with van der Waals surface area (Å²) < 4.78 is 0. The number of carbonyl (C=O) groups excluding carboxylic acids is 2. The number of carbonyl (C=O) groups is 2. The largest absolute Gasteiger partial charge is 0.334 e. The number of rotatable bonds is 1. The van der Waals surface area contributed by atoms with Gasteiger partial charge < -0.3 is 15.1 Å². The van der Waals surface area contributed by atoms with E-state index in [2.05, 4.69) is 17.1 Å². The minimum absolute atomic E-state index is 0. The average molecular weight is 346 g/mol. The molecule has 0 radical (unpaired) electrons. The van der Waals surface area contributed by atoms with E-state index in [4.69, 9.17) is 0 Å². The van der Waals surface area contributed by atoms with E-state index in [1.165, 1.54) is 0 Å². The summed E-state index contributed by atoms with van der Waals surface area (Å²) in [5.74, 6) is 1.14. The van der Waals surface area contributed by atoms with E-state index in [0.717, 1.165) is 44.5 Å². The third kappa shape index (κ3) is 2.34. The second kappa shape index (κ2) is 5.87. The van der Waals surface area contributed by atoms with Crippen LogP contribution in [0.2, 0.25) is 0 Å². The van der Waals surface area contributed by atoms with Crippen LogP contribution in [0.1, 0.15) is 39.0 Å². The highest BCUT2D eigenvalue weighted by Crippen LogP contribution is 2.48. The number of nitrogens with one attached hydrogen (secondary N) is 1. The Bertz CT molecular complexity index is 477. The van der Waals surface area contributed by atoms with Crippen LogP contribution in [0.3, 0.4) is 0 Å². The van der Waals surface area contributed by atoms with Crippen LogP contribution in [0.5, 0.6) is 0 Å². The summed E-state index contributed by atoms with van der Waals surface area (Å²) in [4.78, 5) is 29.3. The van der Waals surface area contributed by atoms with Crippen LogP contribution in [0.25, 0.3) is 0 Å². The lowest BCUT2D eigenvalue weighted by molar-refractivity contribution is -0.145. The molecule has 0 saturated carbocycles. The maximum Gasteiger partial charge on any atom is 0.246 e. The predicted molar refractivity (Wildman–Crippen MR) is 89.1 cm³/mol. The van der Waals surface area contributed by atoms with E-state index < -0.39 is 0 Å². The van der Waals surface area contributed by atoms with Gasteiger partial charge in [0.1, 0.15) is 6.04 Å². The van der Waals surface area contributed by atoms with Gasteiger partial charge in [-0.3, -0.25) is 9.59 Å². The van der Waals surface area contributed by atoms with E-state index in [1.807, 2.05) is 4.90 Å². The summed E-state index contributed by atoms with van der Waals surface area (Å²) in [6.07, 6.45) is 4.77. The number of nitrogens with zero attached hydrogens (tertiary/aromatic N) is 2. The lowest BCUT2D eigenvalue weighted by atomic mass is 10.1. The Labute approximate surface area is 141 Å². The van der Waals surface area contributed by atoms with E-state index in [1.54, 1.807) is 11.8 Å². The molecule has 2 bridgehead atoms. The summed E-state index contributed by atoms with van der Waals surface area (Å²) in [5.41, 5.74) is 0. The Kier molecular flexibility index (Phi) is 4.38. The first-order valence-electron chi connectivity index (χ1n) is 8.09. The van der Waals surface area contributed by atoms with Gasteiger partial charge in [-0.15, -0.1) is 24.2 Å². The predicted octanol–water partition coefficient (Wildman–Crippen LogP) is 1.22. The quantitative estimate of drug-likeness (QED) is 0.776. The normalized spacial score (nSPS) is 40.4. The van der Waals surface area contributed by atoms with Gasteiger partial charge in [-0.25, -0.2) is 0 Å². The Morgan fingerprint density at radius 3 is 2.91 bits per heavy atom. The molecule has 124 valence electrons. The molecular weight excluding hydrogens is 322 g/mol. The van der Waals surface area contributed by atoms with Gasteiger partial charge in [0, 0.05) is 30.8 Å². The van der Waals surface area contributed by atoms with Crippen LogP contribution in [0, 0.1) is 0 Å². The van der Waals surface area contributed by atoms with Crippen molar-refractivity contribution in [1.82, 2.24) is 15.1 Å². The highest BCUT2D eigenvalue weighted by atomic mass is 35.5. The second-order valence-electron chi connectivity index (χ2n) is 6.89. The molecule has 4 unspecified atom stereocenters. The molecule has 4 aliphatic rings. The Morgan fingerprint density at radius 2 is 2.09 bits per heavy atom. The zero-order chi connectivity index (χ0) is 14.6. The lowest BCUT2D eigenvalue weighted by Crippen LogP contribution is -2.54. The van der Waals surface area contributed by atoms with E-state index in [0.29, 0.717) is 18.5 Å². The van der Waals surface area contributed by atoms with E-state index in [-0.39, 0.29) is 35.1 Å². The number of hydrogen-bond acceptors (Lipinski definition) is 4. The Balaban J connectivity index is 0.00000144. The molecule has 4 rings (SSSR count).